The Labute approximate surface area is 242 Å². The lowest BCUT2D eigenvalue weighted by molar-refractivity contribution is -0.139. The number of carbonyl (C=O) groups excluding carboxylic acids is 1. The smallest absolute Gasteiger partial charge is 0.341 e. The number of hydrogen-bond acceptors (Lipinski definition) is 9. The highest BCUT2D eigenvalue weighted by Gasteiger charge is 2.31. The lowest BCUT2D eigenvalue weighted by atomic mass is 9.97. The quantitative estimate of drug-likeness (QED) is 0.347. The molecule has 2 aromatic carbocycles. The van der Waals surface area contributed by atoms with E-state index in [0.29, 0.717) is 45.2 Å². The Balaban J connectivity index is 1.84. The second-order valence-corrected chi connectivity index (χ2v) is 10.1. The van der Waals surface area contributed by atoms with Gasteiger partial charge in [-0.25, -0.2) is 14.6 Å². The zero-order chi connectivity index (χ0) is 29.0. The van der Waals surface area contributed by atoms with Crippen molar-refractivity contribution in [3.8, 4) is 17.2 Å². The number of methoxy groups -OCH3 is 1. The maximum atomic E-state index is 13.7. The van der Waals surface area contributed by atoms with Crippen molar-refractivity contribution < 1.29 is 33.6 Å². The molecular weight excluding hydrogens is 583 g/mol. The number of fused-ring (bicyclic) bond motifs is 1. The minimum Gasteiger partial charge on any atom is -0.490 e. The third-order valence-electron chi connectivity index (χ3n) is 5.67. The van der Waals surface area contributed by atoms with Gasteiger partial charge in [-0.1, -0.05) is 40.6 Å². The van der Waals surface area contributed by atoms with E-state index in [1.807, 2.05) is 13.8 Å². The molecule has 0 bridgehead atoms. The summed E-state index contributed by atoms with van der Waals surface area (Å²) in [4.78, 5) is 42.0. The van der Waals surface area contributed by atoms with E-state index in [1.165, 1.54) is 30.0 Å². The number of hydrogen-bond donors (Lipinski definition) is 1. The van der Waals surface area contributed by atoms with Crippen molar-refractivity contribution >= 4 is 52.6 Å². The summed E-state index contributed by atoms with van der Waals surface area (Å²) in [6.45, 7) is 3.90. The number of esters is 1. The zero-order valence-corrected chi connectivity index (χ0v) is 23.9. The molecule has 0 saturated heterocycles. The Morgan fingerprint density at radius 1 is 1.07 bits per heavy atom. The first-order valence-electron chi connectivity index (χ1n) is 12.0. The molecule has 1 aliphatic rings. The van der Waals surface area contributed by atoms with Gasteiger partial charge in [0.2, 0.25) is 0 Å². The molecule has 1 aliphatic heterocycles. The Morgan fingerprint density at radius 3 is 2.38 bits per heavy atom. The number of carbonyl (C=O) groups is 2. The number of thiazole rings is 1. The zero-order valence-electron chi connectivity index (χ0n) is 21.6. The van der Waals surface area contributed by atoms with Crippen molar-refractivity contribution in [3.63, 3.8) is 0 Å². The van der Waals surface area contributed by atoms with E-state index in [1.54, 1.807) is 24.3 Å². The van der Waals surface area contributed by atoms with Gasteiger partial charge in [0, 0.05) is 6.20 Å². The minimum absolute atomic E-state index is 0.0210. The molecule has 210 valence electrons. The van der Waals surface area contributed by atoms with Crippen LogP contribution in [-0.2, 0) is 14.3 Å². The maximum Gasteiger partial charge on any atom is 0.341 e. The van der Waals surface area contributed by atoms with Gasteiger partial charge in [-0.2, -0.15) is 0 Å². The summed E-state index contributed by atoms with van der Waals surface area (Å²) in [5.41, 5.74) is 0.830. The highest BCUT2D eigenvalue weighted by Crippen LogP contribution is 2.36. The molecule has 10 nitrogen and oxygen atoms in total. The van der Waals surface area contributed by atoms with Crippen molar-refractivity contribution in [2.75, 3.05) is 26.9 Å². The fraction of sp³-hybridized carbons (Fsp3) is 0.259. The van der Waals surface area contributed by atoms with Crippen LogP contribution in [0.1, 0.15) is 31.0 Å². The number of carboxylic acid groups (broad SMARTS) is 1. The number of rotatable bonds is 10. The van der Waals surface area contributed by atoms with Crippen LogP contribution < -0.4 is 29.1 Å². The van der Waals surface area contributed by atoms with Gasteiger partial charge in [-0.3, -0.25) is 9.36 Å². The van der Waals surface area contributed by atoms with Gasteiger partial charge in [-0.15, -0.1) is 0 Å². The largest absolute Gasteiger partial charge is 0.490 e. The van der Waals surface area contributed by atoms with Gasteiger partial charge < -0.3 is 24.1 Å². The fourth-order valence-corrected chi connectivity index (χ4v) is 5.66. The number of aliphatic carboxylic acids is 1. The van der Waals surface area contributed by atoms with E-state index in [-0.39, 0.29) is 21.4 Å². The Bertz CT molecular complexity index is 1660. The average molecular weight is 607 g/mol. The SMILES string of the molecule is CCOc1ccc([C@@H]2C(C(=O)OC)=CN=c3s/c(=C\c4cc(Cl)c(OCC(=O)O)c(Cl)c4)c(=O)n32)cc1OCC. The van der Waals surface area contributed by atoms with Crippen LogP contribution in [0.25, 0.3) is 6.08 Å². The number of carboxylic acids is 1. The van der Waals surface area contributed by atoms with Crippen LogP contribution in [0.4, 0.5) is 0 Å². The van der Waals surface area contributed by atoms with Crippen molar-refractivity contribution in [1.82, 2.24) is 4.57 Å². The molecule has 3 aromatic rings. The molecule has 4 rings (SSSR count). The molecule has 0 amide bonds. The molecular formula is C27H24Cl2N2O8S. The van der Waals surface area contributed by atoms with Crippen LogP contribution in [0.2, 0.25) is 10.0 Å². The Hall–Kier alpha value is -3.80. The van der Waals surface area contributed by atoms with Gasteiger partial charge in [0.15, 0.2) is 28.7 Å². The second-order valence-electron chi connectivity index (χ2n) is 8.24. The molecule has 1 N–H and O–H groups in total. The molecule has 1 aromatic heterocycles. The third kappa shape index (κ3) is 6.01. The van der Waals surface area contributed by atoms with E-state index in [2.05, 4.69) is 4.99 Å². The van der Waals surface area contributed by atoms with Gasteiger partial charge in [-0.05, 0) is 55.3 Å². The van der Waals surface area contributed by atoms with E-state index in [4.69, 9.17) is 47.3 Å². The predicted molar refractivity (Wildman–Crippen MR) is 150 cm³/mol. The lowest BCUT2D eigenvalue weighted by Crippen LogP contribution is -2.39. The highest BCUT2D eigenvalue weighted by molar-refractivity contribution is 7.07. The fourth-order valence-electron chi connectivity index (χ4n) is 4.07. The van der Waals surface area contributed by atoms with E-state index >= 15 is 0 Å². The number of nitrogens with zero attached hydrogens (tertiary/aromatic N) is 2. The lowest BCUT2D eigenvalue weighted by Gasteiger charge is -2.23. The highest BCUT2D eigenvalue weighted by atomic mass is 35.5. The topological polar surface area (TPSA) is 126 Å². The minimum atomic E-state index is -1.18. The molecule has 0 radical (unpaired) electrons. The summed E-state index contributed by atoms with van der Waals surface area (Å²) >= 11 is 13.7. The van der Waals surface area contributed by atoms with Crippen LogP contribution in [-0.4, -0.2) is 48.5 Å². The predicted octanol–water partition coefficient (Wildman–Crippen LogP) is 3.59. The first kappa shape index (κ1) is 29.2. The molecule has 1 atom stereocenters. The summed E-state index contributed by atoms with van der Waals surface area (Å²) in [5, 5.41) is 9.02. The average Bonchev–Trinajstić information content (AvgIpc) is 3.23. The molecule has 0 unspecified atom stereocenters. The van der Waals surface area contributed by atoms with E-state index in [0.717, 1.165) is 11.3 Å². The molecule has 0 aliphatic carbocycles. The Kier molecular flexibility index (Phi) is 9.18. The van der Waals surface area contributed by atoms with Gasteiger partial charge in [0.05, 0.1) is 46.5 Å². The number of halogens is 2. The summed E-state index contributed by atoms with van der Waals surface area (Å²) in [6, 6.07) is 7.37. The summed E-state index contributed by atoms with van der Waals surface area (Å²) in [5.74, 6) is -0.787. The Morgan fingerprint density at radius 2 is 1.75 bits per heavy atom. The molecule has 13 heteroatoms. The van der Waals surface area contributed by atoms with Crippen molar-refractivity contribution in [3.05, 3.63) is 83.0 Å². The molecule has 2 heterocycles. The summed E-state index contributed by atoms with van der Waals surface area (Å²) in [7, 11) is 1.26. The van der Waals surface area contributed by atoms with Crippen LogP contribution in [0.5, 0.6) is 17.2 Å². The number of ether oxygens (including phenoxy) is 4. The molecule has 40 heavy (non-hydrogen) atoms. The van der Waals surface area contributed by atoms with Crippen molar-refractivity contribution in [1.29, 1.82) is 0 Å². The summed E-state index contributed by atoms with van der Waals surface area (Å²) < 4.78 is 23.3. The van der Waals surface area contributed by atoms with Crippen molar-refractivity contribution in [2.45, 2.75) is 19.9 Å². The first-order chi connectivity index (χ1) is 19.2. The van der Waals surface area contributed by atoms with Gasteiger partial charge in [0.1, 0.15) is 0 Å². The van der Waals surface area contributed by atoms with Crippen LogP contribution in [0.3, 0.4) is 0 Å². The van der Waals surface area contributed by atoms with E-state index < -0.39 is 30.1 Å². The number of benzene rings is 2. The first-order valence-corrected chi connectivity index (χ1v) is 13.6. The molecule has 0 spiro atoms. The van der Waals surface area contributed by atoms with Crippen molar-refractivity contribution in [2.24, 2.45) is 4.99 Å². The van der Waals surface area contributed by atoms with Crippen LogP contribution >= 0.6 is 34.5 Å². The number of aromatic nitrogens is 1. The van der Waals surface area contributed by atoms with Crippen LogP contribution in [0.15, 0.2) is 51.9 Å². The summed E-state index contributed by atoms with van der Waals surface area (Å²) in [6.07, 6.45) is 2.97. The van der Waals surface area contributed by atoms with Gasteiger partial charge >= 0.3 is 11.9 Å². The monoisotopic (exact) mass is 606 g/mol. The normalized spacial score (nSPS) is 14.6. The maximum absolute atomic E-state index is 13.7. The van der Waals surface area contributed by atoms with E-state index in [9.17, 15) is 14.4 Å². The van der Waals surface area contributed by atoms with Gasteiger partial charge in [0.25, 0.3) is 5.56 Å². The molecule has 0 saturated carbocycles. The van der Waals surface area contributed by atoms with Crippen LogP contribution in [0, 0.1) is 0 Å². The third-order valence-corrected chi connectivity index (χ3v) is 7.22. The second kappa shape index (κ2) is 12.6. The molecule has 0 fully saturated rings. The standard InChI is InChI=1S/C27H24Cl2N2O8S/c1-4-37-19-7-6-15(11-20(19)38-5-2)23-16(26(35)36-3)12-30-27-31(23)25(34)21(40-27)10-14-8-17(28)24(18(29)9-14)39-13-22(32)33/h6-12,23H,4-5,13H2,1-3H3,(H,32,33)/b21-10-/t23-/m1/s1.